The number of carbonyl (C=O) groups excluding carboxylic acids is 2. The van der Waals surface area contributed by atoms with E-state index in [2.05, 4.69) is 10.3 Å². The summed E-state index contributed by atoms with van der Waals surface area (Å²) in [6.07, 6.45) is -0.920. The van der Waals surface area contributed by atoms with Gasteiger partial charge in [0.05, 0.1) is 15.8 Å². The normalized spacial score (nSPS) is 11.9. The monoisotopic (exact) mass is 355 g/mol. The Labute approximate surface area is 148 Å². The van der Waals surface area contributed by atoms with Crippen LogP contribution in [0.3, 0.4) is 0 Å². The largest absolute Gasteiger partial charge is 0.449 e. The molecule has 6 nitrogen and oxygen atoms in total. The summed E-state index contributed by atoms with van der Waals surface area (Å²) in [6, 6.07) is 12.3. The van der Waals surface area contributed by atoms with Gasteiger partial charge < -0.3 is 15.8 Å². The molecule has 0 aliphatic heterocycles. The van der Waals surface area contributed by atoms with E-state index in [9.17, 15) is 9.59 Å². The van der Waals surface area contributed by atoms with Gasteiger partial charge in [0.15, 0.2) is 11.2 Å². The average Bonchev–Trinajstić information content (AvgIpc) is 2.95. The van der Waals surface area contributed by atoms with E-state index in [1.165, 1.54) is 18.3 Å². The van der Waals surface area contributed by atoms with E-state index in [-0.39, 0.29) is 5.91 Å². The molecular formula is C18H17N3O3S. The zero-order valence-corrected chi connectivity index (χ0v) is 14.6. The van der Waals surface area contributed by atoms with Crippen LogP contribution in [0.5, 0.6) is 0 Å². The van der Waals surface area contributed by atoms with Crippen LogP contribution in [0.2, 0.25) is 0 Å². The van der Waals surface area contributed by atoms with Gasteiger partial charge in [-0.1, -0.05) is 29.0 Å². The Bertz CT molecular complexity index is 934. The Morgan fingerprint density at radius 2 is 1.92 bits per heavy atom. The number of esters is 1. The van der Waals surface area contributed by atoms with Crippen molar-refractivity contribution in [2.75, 3.05) is 11.1 Å². The molecule has 0 radical (unpaired) electrons. The molecule has 3 rings (SSSR count). The minimum absolute atomic E-state index is 0.353. The van der Waals surface area contributed by atoms with Crippen molar-refractivity contribution in [2.24, 2.45) is 0 Å². The summed E-state index contributed by atoms with van der Waals surface area (Å²) in [7, 11) is 0. The minimum Gasteiger partial charge on any atom is -0.449 e. The first-order valence-corrected chi connectivity index (χ1v) is 8.48. The molecule has 0 spiro atoms. The lowest BCUT2D eigenvalue weighted by Gasteiger charge is -2.13. The predicted molar refractivity (Wildman–Crippen MR) is 98.7 cm³/mol. The van der Waals surface area contributed by atoms with Crippen LogP contribution in [-0.4, -0.2) is 23.0 Å². The van der Waals surface area contributed by atoms with Crippen molar-refractivity contribution in [3.05, 3.63) is 53.6 Å². The molecule has 2 aromatic carbocycles. The number of nitrogens with two attached hydrogens (primary N) is 1. The molecule has 0 aliphatic rings. The standard InChI is InChI=1S/C18H17N3O3S/c1-10-3-6-13(7-4-10)20-16(22)11(2)24-17(23)12-5-8-14-15(9-12)25-18(19)21-14/h3-9,11H,1-2H3,(H2,19,21)(H,20,22)/t11-/m0/s1. The second-order valence-corrected chi connectivity index (χ2v) is 6.70. The minimum atomic E-state index is -0.920. The van der Waals surface area contributed by atoms with Gasteiger partial charge in [-0.05, 0) is 44.2 Å². The van der Waals surface area contributed by atoms with Crippen LogP contribution in [0.1, 0.15) is 22.8 Å². The first-order chi connectivity index (χ1) is 11.9. The summed E-state index contributed by atoms with van der Waals surface area (Å²) in [4.78, 5) is 28.6. The van der Waals surface area contributed by atoms with Gasteiger partial charge >= 0.3 is 5.97 Å². The third-order valence-electron chi connectivity index (χ3n) is 3.61. The first kappa shape index (κ1) is 16.9. The number of hydrogen-bond acceptors (Lipinski definition) is 6. The molecule has 1 amide bonds. The number of amides is 1. The van der Waals surface area contributed by atoms with Crippen LogP contribution in [0, 0.1) is 6.92 Å². The fourth-order valence-corrected chi connectivity index (χ4v) is 3.01. The second kappa shape index (κ2) is 6.90. The topological polar surface area (TPSA) is 94.3 Å². The lowest BCUT2D eigenvalue weighted by atomic mass is 10.2. The van der Waals surface area contributed by atoms with Gasteiger partial charge in [0.25, 0.3) is 5.91 Å². The SMILES string of the molecule is Cc1ccc(NC(=O)[C@H](C)OC(=O)c2ccc3nc(N)sc3c2)cc1. The number of nitrogens with one attached hydrogen (secondary N) is 1. The highest BCUT2D eigenvalue weighted by molar-refractivity contribution is 7.22. The van der Waals surface area contributed by atoms with E-state index in [0.717, 1.165) is 15.8 Å². The molecule has 128 valence electrons. The zero-order chi connectivity index (χ0) is 18.0. The van der Waals surface area contributed by atoms with Crippen LogP contribution in [0.4, 0.5) is 10.8 Å². The zero-order valence-electron chi connectivity index (χ0n) is 13.8. The molecule has 7 heteroatoms. The number of aryl methyl sites for hydroxylation is 1. The molecule has 3 N–H and O–H groups in total. The third-order valence-corrected chi connectivity index (χ3v) is 4.46. The Kier molecular flexibility index (Phi) is 4.67. The summed E-state index contributed by atoms with van der Waals surface area (Å²) in [5, 5.41) is 3.15. The summed E-state index contributed by atoms with van der Waals surface area (Å²) in [5.41, 5.74) is 8.48. The first-order valence-electron chi connectivity index (χ1n) is 7.67. The Morgan fingerprint density at radius 1 is 1.20 bits per heavy atom. The highest BCUT2D eigenvalue weighted by Crippen LogP contribution is 2.25. The third kappa shape index (κ3) is 3.95. The maximum Gasteiger partial charge on any atom is 0.338 e. The molecule has 0 saturated heterocycles. The van der Waals surface area contributed by atoms with Crippen LogP contribution in [-0.2, 0) is 9.53 Å². The molecule has 1 heterocycles. The molecule has 1 aromatic heterocycles. The van der Waals surface area contributed by atoms with Crippen molar-refractivity contribution in [3.8, 4) is 0 Å². The number of hydrogen-bond donors (Lipinski definition) is 2. The Balaban J connectivity index is 1.65. The van der Waals surface area contributed by atoms with Crippen molar-refractivity contribution in [1.29, 1.82) is 0 Å². The molecule has 0 unspecified atom stereocenters. The van der Waals surface area contributed by atoms with Crippen LogP contribution < -0.4 is 11.1 Å². The summed E-state index contributed by atoms with van der Waals surface area (Å²) in [6.45, 7) is 3.49. The fraction of sp³-hybridized carbons (Fsp3) is 0.167. The maximum absolute atomic E-state index is 12.3. The molecule has 1 atom stereocenters. The molecule has 0 saturated carbocycles. The number of aromatic nitrogens is 1. The van der Waals surface area contributed by atoms with E-state index in [4.69, 9.17) is 10.5 Å². The van der Waals surface area contributed by atoms with Crippen LogP contribution in [0.15, 0.2) is 42.5 Å². The summed E-state index contributed by atoms with van der Waals surface area (Å²) >= 11 is 1.29. The highest BCUT2D eigenvalue weighted by atomic mass is 32.1. The van der Waals surface area contributed by atoms with E-state index >= 15 is 0 Å². The maximum atomic E-state index is 12.3. The number of nitrogens with zero attached hydrogens (tertiary/aromatic N) is 1. The lowest BCUT2D eigenvalue weighted by molar-refractivity contribution is -0.123. The van der Waals surface area contributed by atoms with Crippen molar-refractivity contribution >= 4 is 44.2 Å². The number of anilines is 2. The van der Waals surface area contributed by atoms with Gasteiger partial charge in [0, 0.05) is 5.69 Å². The molecule has 0 fully saturated rings. The number of fused-ring (bicyclic) bond motifs is 1. The van der Waals surface area contributed by atoms with Crippen LogP contribution in [0.25, 0.3) is 10.2 Å². The van der Waals surface area contributed by atoms with E-state index in [1.54, 1.807) is 30.3 Å². The number of carbonyl (C=O) groups is 2. The molecule has 0 aliphatic carbocycles. The van der Waals surface area contributed by atoms with Crippen LogP contribution >= 0.6 is 11.3 Å². The van der Waals surface area contributed by atoms with Crippen molar-refractivity contribution < 1.29 is 14.3 Å². The number of benzene rings is 2. The predicted octanol–water partition coefficient (Wildman–Crippen LogP) is 3.37. The molecule has 25 heavy (non-hydrogen) atoms. The molecular weight excluding hydrogens is 338 g/mol. The number of thiazole rings is 1. The highest BCUT2D eigenvalue weighted by Gasteiger charge is 2.19. The Morgan fingerprint density at radius 3 is 2.64 bits per heavy atom. The van der Waals surface area contributed by atoms with Crippen molar-refractivity contribution in [1.82, 2.24) is 4.98 Å². The van der Waals surface area contributed by atoms with Gasteiger partial charge in [0.1, 0.15) is 0 Å². The average molecular weight is 355 g/mol. The van der Waals surface area contributed by atoms with Gasteiger partial charge in [-0.25, -0.2) is 9.78 Å². The van der Waals surface area contributed by atoms with E-state index in [0.29, 0.717) is 16.4 Å². The van der Waals surface area contributed by atoms with Gasteiger partial charge in [-0.2, -0.15) is 0 Å². The van der Waals surface area contributed by atoms with Crippen molar-refractivity contribution in [2.45, 2.75) is 20.0 Å². The lowest BCUT2D eigenvalue weighted by Crippen LogP contribution is -2.30. The van der Waals surface area contributed by atoms with E-state index in [1.807, 2.05) is 19.1 Å². The fourth-order valence-electron chi connectivity index (χ4n) is 2.23. The van der Waals surface area contributed by atoms with Crippen molar-refractivity contribution in [3.63, 3.8) is 0 Å². The smallest absolute Gasteiger partial charge is 0.338 e. The van der Waals surface area contributed by atoms with E-state index < -0.39 is 12.1 Å². The second-order valence-electron chi connectivity index (χ2n) is 5.64. The Hall–Kier alpha value is -2.93. The number of rotatable bonds is 4. The molecule has 0 bridgehead atoms. The van der Waals surface area contributed by atoms with Gasteiger partial charge in [-0.15, -0.1) is 0 Å². The molecule has 3 aromatic rings. The summed E-state index contributed by atoms with van der Waals surface area (Å²) < 4.78 is 6.05. The number of ether oxygens (including phenoxy) is 1. The van der Waals surface area contributed by atoms with Gasteiger partial charge in [0.2, 0.25) is 0 Å². The van der Waals surface area contributed by atoms with Gasteiger partial charge in [-0.3, -0.25) is 4.79 Å². The quantitative estimate of drug-likeness (QED) is 0.700. The number of nitrogen functional groups attached to an aromatic ring is 1. The summed E-state index contributed by atoms with van der Waals surface area (Å²) in [5.74, 6) is -0.958.